The maximum atomic E-state index is 4.28. The summed E-state index contributed by atoms with van der Waals surface area (Å²) in [5, 5.41) is 5.50. The van der Waals surface area contributed by atoms with Crippen molar-refractivity contribution in [2.75, 3.05) is 0 Å². The van der Waals surface area contributed by atoms with Crippen molar-refractivity contribution in [1.29, 1.82) is 0 Å². The second-order valence-corrected chi connectivity index (χ2v) is 4.54. The molecule has 0 aliphatic rings. The smallest absolute Gasteiger partial charge is 0.0795 e. The van der Waals surface area contributed by atoms with E-state index in [0.717, 1.165) is 17.9 Å². The minimum Gasteiger partial charge on any atom is -0.305 e. The summed E-state index contributed by atoms with van der Waals surface area (Å²) >= 11 is 1.63. The summed E-state index contributed by atoms with van der Waals surface area (Å²) in [7, 11) is 0. The first kappa shape index (κ1) is 11.2. The van der Waals surface area contributed by atoms with Gasteiger partial charge >= 0.3 is 0 Å². The number of nitrogens with one attached hydrogen (secondary N) is 1. The second-order valence-electron chi connectivity index (χ2n) is 3.82. The summed E-state index contributed by atoms with van der Waals surface area (Å²) in [6, 6.07) is 4.42. The van der Waals surface area contributed by atoms with Gasteiger partial charge in [0.2, 0.25) is 0 Å². The zero-order chi connectivity index (χ0) is 11.4. The molecule has 2 aromatic rings. The molecule has 0 aliphatic carbocycles. The minimum absolute atomic E-state index is 0.285. The summed E-state index contributed by atoms with van der Waals surface area (Å²) < 4.78 is 0. The lowest BCUT2D eigenvalue weighted by Crippen LogP contribution is -2.18. The topological polar surface area (TPSA) is 37.8 Å². The second kappa shape index (κ2) is 5.18. The van der Waals surface area contributed by atoms with Gasteiger partial charge in [0.25, 0.3) is 0 Å². The molecule has 2 heterocycles. The van der Waals surface area contributed by atoms with E-state index in [9.17, 15) is 0 Å². The highest BCUT2D eigenvalue weighted by molar-refractivity contribution is 7.07. The Morgan fingerprint density at radius 1 is 1.38 bits per heavy atom. The van der Waals surface area contributed by atoms with Crippen molar-refractivity contribution >= 4 is 11.3 Å². The van der Waals surface area contributed by atoms with Crippen LogP contribution in [0.5, 0.6) is 0 Å². The first-order valence-electron chi connectivity index (χ1n) is 5.28. The molecular weight excluding hydrogens is 218 g/mol. The predicted octanol–water partition coefficient (Wildman–Crippen LogP) is 2.70. The first-order chi connectivity index (χ1) is 7.75. The normalized spacial score (nSPS) is 12.6. The Morgan fingerprint density at radius 2 is 2.25 bits per heavy atom. The van der Waals surface area contributed by atoms with Gasteiger partial charge in [-0.2, -0.15) is 0 Å². The maximum Gasteiger partial charge on any atom is 0.0795 e. The van der Waals surface area contributed by atoms with Crippen molar-refractivity contribution in [3.8, 4) is 0 Å². The quantitative estimate of drug-likeness (QED) is 0.882. The van der Waals surface area contributed by atoms with Crippen LogP contribution in [0.3, 0.4) is 0 Å². The van der Waals surface area contributed by atoms with Gasteiger partial charge in [0, 0.05) is 29.9 Å². The lowest BCUT2D eigenvalue weighted by Gasteiger charge is -2.11. The highest BCUT2D eigenvalue weighted by atomic mass is 32.1. The number of aromatic nitrogens is 2. The molecule has 1 unspecified atom stereocenters. The van der Waals surface area contributed by atoms with Crippen molar-refractivity contribution in [2.45, 2.75) is 26.4 Å². The van der Waals surface area contributed by atoms with E-state index in [2.05, 4.69) is 33.7 Å². The first-order valence-corrected chi connectivity index (χ1v) is 6.23. The Balaban J connectivity index is 1.90. The van der Waals surface area contributed by atoms with E-state index in [0.29, 0.717) is 0 Å². The van der Waals surface area contributed by atoms with E-state index >= 15 is 0 Å². The van der Waals surface area contributed by atoms with Crippen molar-refractivity contribution in [1.82, 2.24) is 15.3 Å². The summed E-state index contributed by atoms with van der Waals surface area (Å²) in [5.41, 5.74) is 5.22. The Morgan fingerprint density at radius 3 is 2.88 bits per heavy atom. The highest BCUT2D eigenvalue weighted by Crippen LogP contribution is 2.12. The number of pyridine rings is 1. The predicted molar refractivity (Wildman–Crippen MR) is 66.3 cm³/mol. The Hall–Kier alpha value is -1.26. The summed E-state index contributed by atoms with van der Waals surface area (Å²) in [5.74, 6) is 0. The van der Waals surface area contributed by atoms with Gasteiger partial charge < -0.3 is 5.32 Å². The molecule has 0 fully saturated rings. The van der Waals surface area contributed by atoms with Crippen LogP contribution < -0.4 is 5.32 Å². The molecule has 2 rings (SSSR count). The van der Waals surface area contributed by atoms with Gasteiger partial charge in [-0.15, -0.1) is 11.3 Å². The van der Waals surface area contributed by atoms with Crippen LogP contribution >= 0.6 is 11.3 Å². The zero-order valence-electron chi connectivity index (χ0n) is 9.47. The van der Waals surface area contributed by atoms with Gasteiger partial charge in [0.05, 0.1) is 11.2 Å². The van der Waals surface area contributed by atoms with Crippen molar-refractivity contribution in [3.63, 3.8) is 0 Å². The molecule has 4 heteroatoms. The van der Waals surface area contributed by atoms with Crippen LogP contribution in [0.4, 0.5) is 0 Å². The minimum atomic E-state index is 0.285. The molecule has 84 valence electrons. The van der Waals surface area contributed by atoms with Gasteiger partial charge in [-0.05, 0) is 25.5 Å². The molecule has 2 aromatic heterocycles. The average molecular weight is 233 g/mol. The Labute approximate surface area is 99.6 Å². The fraction of sp³-hybridized carbons (Fsp3) is 0.333. The fourth-order valence-electron chi connectivity index (χ4n) is 1.41. The largest absolute Gasteiger partial charge is 0.305 e. The van der Waals surface area contributed by atoms with Crippen LogP contribution in [0.2, 0.25) is 0 Å². The average Bonchev–Trinajstić information content (AvgIpc) is 2.81. The number of rotatable bonds is 4. The van der Waals surface area contributed by atoms with E-state index in [-0.39, 0.29) is 6.04 Å². The molecule has 3 nitrogen and oxygen atoms in total. The molecular formula is C12H15N3S. The van der Waals surface area contributed by atoms with Crippen molar-refractivity contribution in [3.05, 3.63) is 46.2 Å². The van der Waals surface area contributed by atoms with Gasteiger partial charge in [-0.1, -0.05) is 6.07 Å². The third-order valence-corrected chi connectivity index (χ3v) is 3.08. The summed E-state index contributed by atoms with van der Waals surface area (Å²) in [6.45, 7) is 4.94. The number of hydrogen-bond acceptors (Lipinski definition) is 4. The van der Waals surface area contributed by atoms with Crippen molar-refractivity contribution in [2.24, 2.45) is 0 Å². The molecule has 0 aromatic carbocycles. The number of hydrogen-bond donors (Lipinski definition) is 1. The number of thiazole rings is 1. The van der Waals surface area contributed by atoms with E-state index < -0.39 is 0 Å². The van der Waals surface area contributed by atoms with Crippen LogP contribution in [0.15, 0.2) is 29.2 Å². The van der Waals surface area contributed by atoms with Gasteiger partial charge in [-0.3, -0.25) is 4.98 Å². The summed E-state index contributed by atoms with van der Waals surface area (Å²) in [6.07, 6.45) is 1.91. The van der Waals surface area contributed by atoms with Crippen LogP contribution in [-0.4, -0.2) is 9.97 Å². The third kappa shape index (κ3) is 2.87. The molecule has 0 spiro atoms. The van der Waals surface area contributed by atoms with E-state index in [1.165, 1.54) is 5.56 Å². The molecule has 0 saturated heterocycles. The highest BCUT2D eigenvalue weighted by Gasteiger charge is 2.06. The van der Waals surface area contributed by atoms with Crippen LogP contribution in [0, 0.1) is 6.92 Å². The Kier molecular flexibility index (Phi) is 3.64. The fourth-order valence-corrected chi connectivity index (χ4v) is 2.06. The summed E-state index contributed by atoms with van der Waals surface area (Å²) in [4.78, 5) is 8.55. The van der Waals surface area contributed by atoms with Crippen molar-refractivity contribution < 1.29 is 0 Å². The standard InChI is InChI=1S/C12H15N3S/c1-9-3-4-11(5-13-9)6-14-10(2)12-7-16-8-15-12/h3-5,7-8,10,14H,6H2,1-2H3. The molecule has 16 heavy (non-hydrogen) atoms. The molecule has 0 radical (unpaired) electrons. The lowest BCUT2D eigenvalue weighted by molar-refractivity contribution is 0.563. The number of nitrogens with zero attached hydrogens (tertiary/aromatic N) is 2. The molecule has 0 aliphatic heterocycles. The zero-order valence-corrected chi connectivity index (χ0v) is 10.3. The molecule has 1 N–H and O–H groups in total. The molecule has 0 bridgehead atoms. The van der Waals surface area contributed by atoms with Gasteiger partial charge in [0.15, 0.2) is 0 Å². The molecule has 1 atom stereocenters. The molecule has 0 amide bonds. The SMILES string of the molecule is Cc1ccc(CNC(C)c2cscn2)cn1. The van der Waals surface area contributed by atoms with Crippen LogP contribution in [0.1, 0.15) is 29.9 Å². The molecule has 0 saturated carbocycles. The van der Waals surface area contributed by atoms with Crippen LogP contribution in [-0.2, 0) is 6.54 Å². The Bertz CT molecular complexity index is 422. The third-order valence-electron chi connectivity index (χ3n) is 2.48. The van der Waals surface area contributed by atoms with E-state index in [1.54, 1.807) is 11.3 Å². The maximum absolute atomic E-state index is 4.28. The van der Waals surface area contributed by atoms with E-state index in [1.807, 2.05) is 24.7 Å². The number of aryl methyl sites for hydroxylation is 1. The van der Waals surface area contributed by atoms with E-state index in [4.69, 9.17) is 0 Å². The monoisotopic (exact) mass is 233 g/mol. The van der Waals surface area contributed by atoms with Gasteiger partial charge in [0.1, 0.15) is 0 Å². The van der Waals surface area contributed by atoms with Crippen LogP contribution in [0.25, 0.3) is 0 Å². The lowest BCUT2D eigenvalue weighted by atomic mass is 10.2. The van der Waals surface area contributed by atoms with Gasteiger partial charge in [-0.25, -0.2) is 4.98 Å².